The van der Waals surface area contributed by atoms with Crippen molar-refractivity contribution in [3.8, 4) is 5.75 Å². The molecule has 4 atom stereocenters. The Hall–Kier alpha value is -2.67. The number of amides is 3. The van der Waals surface area contributed by atoms with E-state index in [2.05, 4.69) is 5.43 Å². The molecular formula is C15H12N2O5. The second-order valence-corrected chi connectivity index (χ2v) is 5.50. The van der Waals surface area contributed by atoms with Crippen LogP contribution in [0.3, 0.4) is 0 Å². The van der Waals surface area contributed by atoms with Gasteiger partial charge < -0.3 is 9.84 Å². The van der Waals surface area contributed by atoms with E-state index in [-0.39, 0.29) is 11.3 Å². The number of ether oxygens (including phenoxy) is 1. The van der Waals surface area contributed by atoms with Gasteiger partial charge in [0.2, 0.25) is 0 Å². The van der Waals surface area contributed by atoms with E-state index in [1.807, 2.05) is 0 Å². The highest BCUT2D eigenvalue weighted by molar-refractivity contribution is 6.09. The molecule has 0 radical (unpaired) electrons. The molecular weight excluding hydrogens is 288 g/mol. The Labute approximate surface area is 125 Å². The van der Waals surface area contributed by atoms with Crippen LogP contribution < -0.4 is 5.43 Å². The van der Waals surface area contributed by atoms with Crippen LogP contribution in [0.25, 0.3) is 0 Å². The Kier molecular flexibility index (Phi) is 2.61. The number of hydrazine groups is 1. The standard InChI is InChI=1S/C15H12N2O5/c18-8-3-1-2-7(6-8)13(19)16-17-14(20)11-9-4-5-10(22-9)12(11)15(17)21/h1-6,9-12,18H,(H,16,19)/t9-,10+,11-,12-/m0/s1. The SMILES string of the molecule is O=C(NN1C(=O)[C@@H]2[C@@H](C1=O)[C@H]1C=C[C@@H]2O1)c1cccc(O)c1. The zero-order valence-corrected chi connectivity index (χ0v) is 11.3. The van der Waals surface area contributed by atoms with Gasteiger partial charge in [-0.15, -0.1) is 0 Å². The van der Waals surface area contributed by atoms with Crippen molar-refractivity contribution in [2.45, 2.75) is 12.2 Å². The number of imide groups is 1. The first-order chi connectivity index (χ1) is 10.6. The lowest BCUT2D eigenvalue weighted by molar-refractivity contribution is -0.145. The van der Waals surface area contributed by atoms with Crippen molar-refractivity contribution < 1.29 is 24.2 Å². The number of aromatic hydroxyl groups is 1. The lowest BCUT2D eigenvalue weighted by Crippen LogP contribution is -2.47. The molecule has 4 rings (SSSR count). The van der Waals surface area contributed by atoms with Crippen LogP contribution in [0.4, 0.5) is 0 Å². The minimum Gasteiger partial charge on any atom is -0.508 e. The Bertz CT molecular complexity index is 698. The van der Waals surface area contributed by atoms with Crippen molar-refractivity contribution in [3.05, 3.63) is 42.0 Å². The number of phenols is 1. The number of fused-ring (bicyclic) bond motifs is 5. The molecule has 7 nitrogen and oxygen atoms in total. The van der Waals surface area contributed by atoms with Gasteiger partial charge in [0.1, 0.15) is 5.75 Å². The third kappa shape index (κ3) is 1.69. The summed E-state index contributed by atoms with van der Waals surface area (Å²) in [6.07, 6.45) is 2.76. The monoisotopic (exact) mass is 300 g/mol. The topological polar surface area (TPSA) is 95.9 Å². The number of nitrogens with one attached hydrogen (secondary N) is 1. The first kappa shape index (κ1) is 13.0. The molecule has 0 aliphatic carbocycles. The second-order valence-electron chi connectivity index (χ2n) is 5.50. The maximum atomic E-state index is 12.3. The highest BCUT2D eigenvalue weighted by Crippen LogP contribution is 2.44. The minimum absolute atomic E-state index is 0.0701. The van der Waals surface area contributed by atoms with E-state index in [4.69, 9.17) is 4.74 Å². The normalized spacial score (nSPS) is 31.7. The van der Waals surface area contributed by atoms with Crippen molar-refractivity contribution in [2.75, 3.05) is 0 Å². The summed E-state index contributed by atoms with van der Waals surface area (Å²) in [5, 5.41) is 10.2. The molecule has 0 unspecified atom stereocenters. The van der Waals surface area contributed by atoms with Gasteiger partial charge in [-0.05, 0) is 18.2 Å². The fourth-order valence-corrected chi connectivity index (χ4v) is 3.23. The molecule has 3 aliphatic heterocycles. The summed E-state index contributed by atoms with van der Waals surface area (Å²) in [6.45, 7) is 0. The third-order valence-electron chi connectivity index (χ3n) is 4.23. The molecule has 1 aromatic carbocycles. The van der Waals surface area contributed by atoms with Crippen LogP contribution in [0, 0.1) is 11.8 Å². The zero-order chi connectivity index (χ0) is 15.4. The molecule has 2 bridgehead atoms. The van der Waals surface area contributed by atoms with E-state index >= 15 is 0 Å². The molecule has 7 heteroatoms. The molecule has 3 aliphatic rings. The van der Waals surface area contributed by atoms with Gasteiger partial charge in [0.15, 0.2) is 0 Å². The molecule has 3 heterocycles. The van der Waals surface area contributed by atoms with Crippen LogP contribution in [0.5, 0.6) is 5.75 Å². The first-order valence-corrected chi connectivity index (χ1v) is 6.88. The number of rotatable bonds is 2. The highest BCUT2D eigenvalue weighted by Gasteiger charge is 2.61. The average Bonchev–Trinajstić information content (AvgIpc) is 3.17. The Morgan fingerprint density at radius 3 is 2.36 bits per heavy atom. The number of benzene rings is 1. The number of hydrogen-bond acceptors (Lipinski definition) is 5. The van der Waals surface area contributed by atoms with Crippen LogP contribution in [0.1, 0.15) is 10.4 Å². The number of carbonyl (C=O) groups is 3. The Morgan fingerprint density at radius 1 is 1.14 bits per heavy atom. The van der Waals surface area contributed by atoms with Crippen LogP contribution >= 0.6 is 0 Å². The number of nitrogens with zero attached hydrogens (tertiary/aromatic N) is 1. The van der Waals surface area contributed by atoms with Crippen LogP contribution in [0.2, 0.25) is 0 Å². The van der Waals surface area contributed by atoms with E-state index in [1.54, 1.807) is 12.2 Å². The van der Waals surface area contributed by atoms with Gasteiger partial charge in [-0.2, -0.15) is 5.01 Å². The molecule has 0 saturated carbocycles. The van der Waals surface area contributed by atoms with Crippen molar-refractivity contribution in [3.63, 3.8) is 0 Å². The molecule has 2 fully saturated rings. The number of phenolic OH excluding ortho intramolecular Hbond substituents is 1. The fraction of sp³-hybridized carbons (Fsp3) is 0.267. The smallest absolute Gasteiger partial charge is 0.270 e. The summed E-state index contributed by atoms with van der Waals surface area (Å²) in [5.74, 6) is -2.74. The summed E-state index contributed by atoms with van der Waals surface area (Å²) in [4.78, 5) is 36.8. The number of hydrogen-bond donors (Lipinski definition) is 2. The predicted molar refractivity (Wildman–Crippen MR) is 72.2 cm³/mol. The van der Waals surface area contributed by atoms with E-state index in [0.717, 1.165) is 5.01 Å². The molecule has 2 N–H and O–H groups in total. The lowest BCUT2D eigenvalue weighted by Gasteiger charge is -2.18. The summed E-state index contributed by atoms with van der Waals surface area (Å²) in [7, 11) is 0. The predicted octanol–water partition coefficient (Wildman–Crippen LogP) is -0.0246. The zero-order valence-electron chi connectivity index (χ0n) is 11.3. The van der Waals surface area contributed by atoms with Gasteiger partial charge in [0.05, 0.1) is 24.0 Å². The fourth-order valence-electron chi connectivity index (χ4n) is 3.23. The average molecular weight is 300 g/mol. The minimum atomic E-state index is -0.626. The van der Waals surface area contributed by atoms with Gasteiger partial charge >= 0.3 is 0 Å². The van der Waals surface area contributed by atoms with E-state index in [0.29, 0.717) is 0 Å². The summed E-state index contributed by atoms with van der Waals surface area (Å²) in [6, 6.07) is 5.67. The van der Waals surface area contributed by atoms with Gasteiger partial charge in [-0.3, -0.25) is 19.8 Å². The third-order valence-corrected chi connectivity index (χ3v) is 4.23. The molecule has 0 aromatic heterocycles. The van der Waals surface area contributed by atoms with E-state index in [1.165, 1.54) is 24.3 Å². The van der Waals surface area contributed by atoms with Gasteiger partial charge in [-0.1, -0.05) is 18.2 Å². The maximum Gasteiger partial charge on any atom is 0.270 e. The van der Waals surface area contributed by atoms with Gasteiger partial charge in [0.25, 0.3) is 17.7 Å². The second kappa shape index (κ2) is 4.41. The Balaban J connectivity index is 1.56. The molecule has 22 heavy (non-hydrogen) atoms. The number of carbonyl (C=O) groups excluding carboxylic acids is 3. The van der Waals surface area contributed by atoms with Crippen LogP contribution in [-0.4, -0.2) is 40.0 Å². The highest BCUT2D eigenvalue weighted by atomic mass is 16.5. The largest absolute Gasteiger partial charge is 0.508 e. The summed E-state index contributed by atoms with van der Waals surface area (Å²) < 4.78 is 5.51. The lowest BCUT2D eigenvalue weighted by atomic mass is 9.85. The molecule has 0 spiro atoms. The summed E-state index contributed by atoms with van der Waals surface area (Å²) in [5.41, 5.74) is 2.48. The van der Waals surface area contributed by atoms with Crippen LogP contribution in [0.15, 0.2) is 36.4 Å². The van der Waals surface area contributed by atoms with Crippen molar-refractivity contribution in [2.24, 2.45) is 11.8 Å². The van der Waals surface area contributed by atoms with Crippen molar-refractivity contribution in [1.29, 1.82) is 0 Å². The molecule has 112 valence electrons. The maximum absolute atomic E-state index is 12.3. The van der Waals surface area contributed by atoms with Crippen molar-refractivity contribution >= 4 is 17.7 Å². The van der Waals surface area contributed by atoms with Gasteiger partial charge in [-0.25, -0.2) is 0 Å². The van der Waals surface area contributed by atoms with E-state index < -0.39 is 41.8 Å². The molecule has 1 aromatic rings. The van der Waals surface area contributed by atoms with E-state index in [9.17, 15) is 19.5 Å². The quantitative estimate of drug-likeness (QED) is 0.591. The Morgan fingerprint density at radius 2 is 1.77 bits per heavy atom. The van der Waals surface area contributed by atoms with Crippen molar-refractivity contribution in [1.82, 2.24) is 10.4 Å². The molecule has 2 saturated heterocycles. The first-order valence-electron chi connectivity index (χ1n) is 6.88. The molecule has 3 amide bonds. The van der Waals surface area contributed by atoms with Gasteiger partial charge in [0, 0.05) is 5.56 Å². The van der Waals surface area contributed by atoms with Crippen LogP contribution in [-0.2, 0) is 14.3 Å². The summed E-state index contributed by atoms with van der Waals surface area (Å²) >= 11 is 0.